The maximum Gasteiger partial charge on any atom is 0.114 e. The predicted molar refractivity (Wildman–Crippen MR) is 55.2 cm³/mol. The summed E-state index contributed by atoms with van der Waals surface area (Å²) < 4.78 is 5.10. The first-order valence-electron chi connectivity index (χ1n) is 5.77. The van der Waals surface area contributed by atoms with Gasteiger partial charge in [0.25, 0.3) is 0 Å². The minimum Gasteiger partial charge on any atom is -0.385 e. The first-order chi connectivity index (χ1) is 6.74. The summed E-state index contributed by atoms with van der Waals surface area (Å²) in [5.74, 6) is 0.476. The quantitative estimate of drug-likeness (QED) is 0.732. The molecule has 1 N–H and O–H groups in total. The van der Waals surface area contributed by atoms with E-state index in [1.807, 2.05) is 0 Å². The van der Waals surface area contributed by atoms with E-state index >= 15 is 0 Å². The van der Waals surface area contributed by atoms with Crippen LogP contribution in [-0.4, -0.2) is 48.5 Å². The average molecular weight is 199 g/mol. The fourth-order valence-electron chi connectivity index (χ4n) is 2.56. The van der Waals surface area contributed by atoms with Crippen molar-refractivity contribution >= 4 is 0 Å². The van der Waals surface area contributed by atoms with Crippen molar-refractivity contribution in [3.8, 4) is 0 Å². The number of rotatable bonds is 3. The van der Waals surface area contributed by atoms with Gasteiger partial charge in [0.05, 0.1) is 13.2 Å². The molecule has 0 aromatic heterocycles. The highest BCUT2D eigenvalue weighted by Crippen LogP contribution is 2.33. The van der Waals surface area contributed by atoms with Gasteiger partial charge in [0.15, 0.2) is 0 Å². The second-order valence-electron chi connectivity index (χ2n) is 4.71. The molecular formula is C11H21NO2. The summed E-state index contributed by atoms with van der Waals surface area (Å²) in [6, 6.07) is 0. The van der Waals surface area contributed by atoms with E-state index in [2.05, 4.69) is 11.8 Å². The molecule has 0 aliphatic carbocycles. The van der Waals surface area contributed by atoms with Crippen molar-refractivity contribution in [3.05, 3.63) is 0 Å². The number of likely N-dealkylation sites (tertiary alicyclic amines) is 1. The lowest BCUT2D eigenvalue weighted by molar-refractivity contribution is -0.213. The molecule has 2 aliphatic heterocycles. The van der Waals surface area contributed by atoms with Gasteiger partial charge in [-0.1, -0.05) is 6.92 Å². The summed E-state index contributed by atoms with van der Waals surface area (Å²) in [6.07, 6.45) is 3.51. The Morgan fingerprint density at radius 3 is 2.43 bits per heavy atom. The third-order valence-corrected chi connectivity index (χ3v) is 3.59. The number of hydrogen-bond donors (Lipinski definition) is 1. The van der Waals surface area contributed by atoms with Crippen LogP contribution in [-0.2, 0) is 4.74 Å². The molecule has 2 fully saturated rings. The van der Waals surface area contributed by atoms with E-state index in [1.165, 1.54) is 13.0 Å². The highest BCUT2D eigenvalue weighted by Gasteiger charge is 2.44. The van der Waals surface area contributed by atoms with Crippen molar-refractivity contribution in [2.75, 3.05) is 32.8 Å². The van der Waals surface area contributed by atoms with Gasteiger partial charge in [0.1, 0.15) is 5.60 Å². The third kappa shape index (κ3) is 1.95. The monoisotopic (exact) mass is 199 g/mol. The van der Waals surface area contributed by atoms with Crippen LogP contribution in [0.25, 0.3) is 0 Å². The highest BCUT2D eigenvalue weighted by molar-refractivity contribution is 4.94. The van der Waals surface area contributed by atoms with E-state index in [9.17, 15) is 5.11 Å². The van der Waals surface area contributed by atoms with Crippen LogP contribution >= 0.6 is 0 Å². The van der Waals surface area contributed by atoms with Crippen molar-refractivity contribution < 1.29 is 9.84 Å². The molecule has 2 rings (SSSR count). The summed E-state index contributed by atoms with van der Waals surface area (Å²) >= 11 is 0. The van der Waals surface area contributed by atoms with Gasteiger partial charge < -0.3 is 14.7 Å². The SMILES string of the molecule is CCCN1CCC(C2(O)COC2)CC1. The van der Waals surface area contributed by atoms with E-state index in [0.717, 1.165) is 25.9 Å². The summed E-state index contributed by atoms with van der Waals surface area (Å²) in [5, 5.41) is 10.1. The minimum absolute atomic E-state index is 0.474. The van der Waals surface area contributed by atoms with Gasteiger partial charge in [-0.2, -0.15) is 0 Å². The molecule has 0 aromatic rings. The number of ether oxygens (including phenoxy) is 1. The molecule has 0 radical (unpaired) electrons. The Labute approximate surface area is 86.0 Å². The third-order valence-electron chi connectivity index (χ3n) is 3.59. The molecule has 0 aromatic carbocycles. The van der Waals surface area contributed by atoms with E-state index in [1.54, 1.807) is 0 Å². The van der Waals surface area contributed by atoms with Crippen molar-refractivity contribution in [2.45, 2.75) is 31.8 Å². The van der Waals surface area contributed by atoms with E-state index in [0.29, 0.717) is 19.1 Å². The summed E-state index contributed by atoms with van der Waals surface area (Å²) in [7, 11) is 0. The zero-order valence-electron chi connectivity index (χ0n) is 9.04. The Kier molecular flexibility index (Phi) is 3.10. The number of nitrogens with zero attached hydrogens (tertiary/aromatic N) is 1. The number of aliphatic hydroxyl groups is 1. The second kappa shape index (κ2) is 4.17. The van der Waals surface area contributed by atoms with Gasteiger partial charge in [0, 0.05) is 0 Å². The minimum atomic E-state index is -0.474. The smallest absolute Gasteiger partial charge is 0.114 e. The van der Waals surface area contributed by atoms with Crippen molar-refractivity contribution in [2.24, 2.45) is 5.92 Å². The van der Waals surface area contributed by atoms with E-state index in [-0.39, 0.29) is 0 Å². The Morgan fingerprint density at radius 1 is 1.36 bits per heavy atom. The standard InChI is InChI=1S/C11H21NO2/c1-2-5-12-6-3-10(4-7-12)11(13)8-14-9-11/h10,13H,2-9H2,1H3. The van der Waals surface area contributed by atoms with Crippen LogP contribution in [0.2, 0.25) is 0 Å². The predicted octanol–water partition coefficient (Wildman–Crippen LogP) is 0.870. The van der Waals surface area contributed by atoms with Gasteiger partial charge in [0.2, 0.25) is 0 Å². The highest BCUT2D eigenvalue weighted by atomic mass is 16.5. The van der Waals surface area contributed by atoms with Crippen LogP contribution in [0.5, 0.6) is 0 Å². The van der Waals surface area contributed by atoms with Crippen LogP contribution in [0.15, 0.2) is 0 Å². The first kappa shape index (κ1) is 10.4. The Balaban J connectivity index is 1.78. The topological polar surface area (TPSA) is 32.7 Å². The van der Waals surface area contributed by atoms with Crippen LogP contribution < -0.4 is 0 Å². The number of hydrogen-bond acceptors (Lipinski definition) is 3. The molecule has 2 heterocycles. The van der Waals surface area contributed by atoms with Crippen molar-refractivity contribution in [1.82, 2.24) is 4.90 Å². The molecule has 2 saturated heterocycles. The Bertz CT molecular complexity index is 184. The van der Waals surface area contributed by atoms with Gasteiger partial charge in [-0.3, -0.25) is 0 Å². The normalized spacial score (nSPS) is 28.7. The molecular weight excluding hydrogens is 178 g/mol. The lowest BCUT2D eigenvalue weighted by Gasteiger charge is -2.46. The fourth-order valence-corrected chi connectivity index (χ4v) is 2.56. The van der Waals surface area contributed by atoms with Gasteiger partial charge in [-0.25, -0.2) is 0 Å². The maximum absolute atomic E-state index is 10.1. The molecule has 0 amide bonds. The molecule has 2 aliphatic rings. The van der Waals surface area contributed by atoms with Gasteiger partial charge in [-0.05, 0) is 44.8 Å². The zero-order chi connectivity index (χ0) is 10.0. The fraction of sp³-hybridized carbons (Fsp3) is 1.00. The number of piperidine rings is 1. The zero-order valence-corrected chi connectivity index (χ0v) is 9.04. The van der Waals surface area contributed by atoms with E-state index < -0.39 is 5.60 Å². The maximum atomic E-state index is 10.1. The lowest BCUT2D eigenvalue weighted by Crippen LogP contribution is -2.57. The Morgan fingerprint density at radius 2 is 2.00 bits per heavy atom. The molecule has 0 atom stereocenters. The molecule has 82 valence electrons. The molecule has 3 nitrogen and oxygen atoms in total. The van der Waals surface area contributed by atoms with Crippen molar-refractivity contribution in [3.63, 3.8) is 0 Å². The second-order valence-corrected chi connectivity index (χ2v) is 4.71. The van der Waals surface area contributed by atoms with Crippen molar-refractivity contribution in [1.29, 1.82) is 0 Å². The van der Waals surface area contributed by atoms with E-state index in [4.69, 9.17) is 4.74 Å². The molecule has 3 heteroatoms. The molecule has 0 spiro atoms. The molecule has 0 bridgehead atoms. The molecule has 0 unspecified atom stereocenters. The average Bonchev–Trinajstić information content (AvgIpc) is 2.16. The van der Waals surface area contributed by atoms with Gasteiger partial charge in [-0.15, -0.1) is 0 Å². The summed E-state index contributed by atoms with van der Waals surface area (Å²) in [4.78, 5) is 2.50. The molecule has 0 saturated carbocycles. The van der Waals surface area contributed by atoms with Crippen LogP contribution in [0, 0.1) is 5.92 Å². The lowest BCUT2D eigenvalue weighted by atomic mass is 9.79. The summed E-state index contributed by atoms with van der Waals surface area (Å²) in [6.45, 7) is 6.86. The largest absolute Gasteiger partial charge is 0.385 e. The first-order valence-corrected chi connectivity index (χ1v) is 5.77. The summed E-state index contributed by atoms with van der Waals surface area (Å²) in [5.41, 5.74) is -0.474. The Hall–Kier alpha value is -0.120. The molecule has 14 heavy (non-hydrogen) atoms. The van der Waals surface area contributed by atoms with Gasteiger partial charge >= 0.3 is 0 Å². The van der Waals surface area contributed by atoms with Crippen LogP contribution in [0.4, 0.5) is 0 Å². The van der Waals surface area contributed by atoms with Crippen LogP contribution in [0.3, 0.4) is 0 Å². The van der Waals surface area contributed by atoms with Crippen LogP contribution in [0.1, 0.15) is 26.2 Å².